The number of imidazole rings is 1. The van der Waals surface area contributed by atoms with Gasteiger partial charge in [-0.05, 0) is 6.42 Å². The smallest absolute Gasteiger partial charge is 0.327 e. The lowest BCUT2D eigenvalue weighted by Crippen LogP contribution is -2.36. The van der Waals surface area contributed by atoms with Gasteiger partial charge in [0.1, 0.15) is 0 Å². The number of unbranched alkanes of at least 4 members (excludes halogenated alkanes) is 8. The lowest BCUT2D eigenvalue weighted by Gasteiger charge is -2.01. The van der Waals surface area contributed by atoms with Gasteiger partial charge in [-0.3, -0.25) is 13.9 Å². The van der Waals surface area contributed by atoms with Crippen LogP contribution < -0.4 is 11.2 Å². The Labute approximate surface area is 153 Å². The minimum Gasteiger partial charge on any atom is -0.327 e. The molecule has 2 rings (SSSR count). The Hall–Kier alpha value is -1.50. The van der Waals surface area contributed by atoms with Gasteiger partial charge >= 0.3 is 5.69 Å². The van der Waals surface area contributed by atoms with Gasteiger partial charge in [-0.2, -0.15) is 0 Å². The first-order chi connectivity index (χ1) is 12.1. The van der Waals surface area contributed by atoms with Crippen molar-refractivity contribution in [2.24, 2.45) is 14.1 Å². The van der Waals surface area contributed by atoms with Gasteiger partial charge in [0.25, 0.3) is 5.56 Å². The molecule has 0 amide bonds. The number of nitrogens with zero attached hydrogens (tertiary/aromatic N) is 3. The van der Waals surface area contributed by atoms with E-state index < -0.39 is 0 Å². The molecule has 0 bridgehead atoms. The molecule has 140 valence electrons. The third kappa shape index (κ3) is 5.23. The molecule has 7 heteroatoms. The van der Waals surface area contributed by atoms with E-state index >= 15 is 0 Å². The van der Waals surface area contributed by atoms with E-state index in [1.807, 2.05) is 0 Å². The number of fused-ring (bicyclic) bond motifs is 1. The van der Waals surface area contributed by atoms with Gasteiger partial charge in [0, 0.05) is 19.8 Å². The molecular weight excluding hydrogens is 336 g/mol. The Kier molecular flexibility index (Phi) is 7.81. The van der Waals surface area contributed by atoms with Crippen LogP contribution in [-0.4, -0.2) is 24.9 Å². The van der Waals surface area contributed by atoms with Crippen molar-refractivity contribution in [2.45, 2.75) is 69.9 Å². The maximum Gasteiger partial charge on any atom is 0.332 e. The minimum atomic E-state index is -0.348. The first-order valence-corrected chi connectivity index (χ1v) is 10.3. The Bertz CT molecular complexity index is 791. The molecule has 2 heterocycles. The number of H-pyrrole nitrogens is 1. The molecule has 0 radical (unpaired) electrons. The van der Waals surface area contributed by atoms with Crippen LogP contribution in [0.4, 0.5) is 0 Å². The fourth-order valence-corrected chi connectivity index (χ4v) is 3.82. The van der Waals surface area contributed by atoms with Crippen LogP contribution in [0.5, 0.6) is 0 Å². The quantitative estimate of drug-likeness (QED) is 0.487. The Morgan fingerprint density at radius 1 is 0.920 bits per heavy atom. The van der Waals surface area contributed by atoms with Gasteiger partial charge < -0.3 is 4.98 Å². The molecule has 0 aliphatic carbocycles. The maximum absolute atomic E-state index is 12.1. The molecule has 25 heavy (non-hydrogen) atoms. The molecule has 2 aromatic rings. The largest absolute Gasteiger partial charge is 0.332 e. The van der Waals surface area contributed by atoms with E-state index in [1.165, 1.54) is 63.0 Å². The number of hydrogen-bond acceptors (Lipinski definition) is 4. The van der Waals surface area contributed by atoms with Gasteiger partial charge in [0.2, 0.25) is 0 Å². The highest BCUT2D eigenvalue weighted by Crippen LogP contribution is 2.19. The van der Waals surface area contributed by atoms with Gasteiger partial charge in [-0.15, -0.1) is 0 Å². The van der Waals surface area contributed by atoms with Gasteiger partial charge in [-0.25, -0.2) is 9.78 Å². The average molecular weight is 367 g/mol. The molecule has 0 aliphatic heterocycles. The normalized spacial score (nSPS) is 11.5. The van der Waals surface area contributed by atoms with Crippen molar-refractivity contribution >= 4 is 22.9 Å². The summed E-state index contributed by atoms with van der Waals surface area (Å²) < 4.78 is 2.52. The Morgan fingerprint density at radius 3 is 2.16 bits per heavy atom. The standard InChI is InChI=1S/C18H30N4O2S/c1-4-5-6-7-8-9-10-11-12-13-25-17-19-14-15(20-17)21(2)18(24)22(3)16(14)23/h4-13H2,1-3H3,(H,19,20). The van der Waals surface area contributed by atoms with E-state index in [9.17, 15) is 9.59 Å². The summed E-state index contributed by atoms with van der Waals surface area (Å²) in [5.41, 5.74) is 0.168. The van der Waals surface area contributed by atoms with Crippen molar-refractivity contribution in [3.05, 3.63) is 20.8 Å². The van der Waals surface area contributed by atoms with E-state index in [1.54, 1.807) is 18.8 Å². The van der Waals surface area contributed by atoms with Crippen molar-refractivity contribution in [3.8, 4) is 0 Å². The monoisotopic (exact) mass is 366 g/mol. The van der Waals surface area contributed by atoms with Gasteiger partial charge in [0.05, 0.1) is 0 Å². The van der Waals surface area contributed by atoms with Crippen LogP contribution in [0, 0.1) is 0 Å². The number of aryl methyl sites for hydroxylation is 1. The number of nitrogens with one attached hydrogen (secondary N) is 1. The molecule has 0 atom stereocenters. The summed E-state index contributed by atoms with van der Waals surface area (Å²) in [5, 5.41) is 0.716. The Balaban J connectivity index is 1.75. The summed E-state index contributed by atoms with van der Waals surface area (Å²) in [6, 6.07) is 0. The van der Waals surface area contributed by atoms with E-state index in [4.69, 9.17) is 0 Å². The molecule has 0 aliphatic rings. The zero-order chi connectivity index (χ0) is 18.2. The van der Waals surface area contributed by atoms with Gasteiger partial charge in [-0.1, -0.05) is 70.1 Å². The minimum absolute atomic E-state index is 0.319. The predicted molar refractivity (Wildman–Crippen MR) is 105 cm³/mol. The van der Waals surface area contributed by atoms with Crippen molar-refractivity contribution < 1.29 is 0 Å². The van der Waals surface area contributed by atoms with E-state index in [0.717, 1.165) is 16.7 Å². The zero-order valence-corrected chi connectivity index (χ0v) is 16.5. The fourth-order valence-electron chi connectivity index (χ4n) is 2.95. The van der Waals surface area contributed by atoms with Crippen LogP contribution in [0.15, 0.2) is 14.7 Å². The first kappa shape index (κ1) is 19.8. The highest BCUT2D eigenvalue weighted by atomic mass is 32.2. The number of thioether (sulfide) groups is 1. The van der Waals surface area contributed by atoms with Crippen LogP contribution in [0.25, 0.3) is 11.2 Å². The van der Waals surface area contributed by atoms with Crippen molar-refractivity contribution in [1.29, 1.82) is 0 Å². The lowest BCUT2D eigenvalue weighted by molar-refractivity contribution is 0.573. The van der Waals surface area contributed by atoms with E-state index in [-0.39, 0.29) is 11.2 Å². The summed E-state index contributed by atoms with van der Waals surface area (Å²) in [6.07, 6.45) is 11.8. The molecule has 1 N–H and O–H groups in total. The zero-order valence-electron chi connectivity index (χ0n) is 15.6. The number of aromatic amines is 1. The summed E-state index contributed by atoms with van der Waals surface area (Å²) in [6.45, 7) is 2.25. The highest BCUT2D eigenvalue weighted by Gasteiger charge is 2.13. The summed E-state index contributed by atoms with van der Waals surface area (Å²) in [4.78, 5) is 31.5. The molecule has 2 aromatic heterocycles. The molecule has 0 fully saturated rings. The van der Waals surface area contributed by atoms with Crippen LogP contribution in [0.2, 0.25) is 0 Å². The third-order valence-electron chi connectivity index (χ3n) is 4.56. The molecular formula is C18H30N4O2S. The van der Waals surface area contributed by atoms with E-state index in [0.29, 0.717) is 16.3 Å². The molecule has 0 saturated heterocycles. The first-order valence-electron chi connectivity index (χ1n) is 9.34. The molecule has 0 unspecified atom stereocenters. The molecule has 0 saturated carbocycles. The van der Waals surface area contributed by atoms with Crippen LogP contribution in [0.1, 0.15) is 64.7 Å². The summed E-state index contributed by atoms with van der Waals surface area (Å²) >= 11 is 1.62. The van der Waals surface area contributed by atoms with Crippen LogP contribution >= 0.6 is 11.8 Å². The fraction of sp³-hybridized carbons (Fsp3) is 0.722. The topological polar surface area (TPSA) is 72.7 Å². The molecule has 0 spiro atoms. The second-order valence-corrected chi connectivity index (χ2v) is 7.71. The highest BCUT2D eigenvalue weighted by molar-refractivity contribution is 7.99. The third-order valence-corrected chi connectivity index (χ3v) is 5.52. The predicted octanol–water partition coefficient (Wildman–Crippen LogP) is 3.58. The maximum atomic E-state index is 12.1. The number of rotatable bonds is 11. The lowest BCUT2D eigenvalue weighted by atomic mass is 10.1. The molecule has 0 aromatic carbocycles. The second kappa shape index (κ2) is 9.85. The van der Waals surface area contributed by atoms with Crippen molar-refractivity contribution in [1.82, 2.24) is 19.1 Å². The Morgan fingerprint density at radius 2 is 1.52 bits per heavy atom. The number of aromatic nitrogens is 4. The van der Waals surface area contributed by atoms with Gasteiger partial charge in [0.15, 0.2) is 16.3 Å². The average Bonchev–Trinajstić information content (AvgIpc) is 3.04. The molecule has 6 nitrogen and oxygen atoms in total. The van der Waals surface area contributed by atoms with Crippen molar-refractivity contribution in [3.63, 3.8) is 0 Å². The summed E-state index contributed by atoms with van der Waals surface area (Å²) in [7, 11) is 3.12. The van der Waals surface area contributed by atoms with Crippen LogP contribution in [0.3, 0.4) is 0 Å². The SMILES string of the molecule is CCCCCCCCCCCSc1nc2c([nH]1)c(=O)n(C)c(=O)n2C. The summed E-state index contributed by atoms with van der Waals surface area (Å²) in [5.74, 6) is 0.976. The van der Waals surface area contributed by atoms with Crippen molar-refractivity contribution in [2.75, 3.05) is 5.75 Å². The van der Waals surface area contributed by atoms with Crippen LogP contribution in [-0.2, 0) is 14.1 Å². The number of hydrogen-bond donors (Lipinski definition) is 1. The second-order valence-electron chi connectivity index (χ2n) is 6.62. The van der Waals surface area contributed by atoms with E-state index in [2.05, 4.69) is 16.9 Å².